The average molecular weight is 253 g/mol. The summed E-state index contributed by atoms with van der Waals surface area (Å²) in [6, 6.07) is 7.44. The summed E-state index contributed by atoms with van der Waals surface area (Å²) in [6.07, 6.45) is 0.524. The van der Waals surface area contributed by atoms with Gasteiger partial charge in [-0.1, -0.05) is 17.7 Å². The van der Waals surface area contributed by atoms with Crippen LogP contribution >= 0.6 is 11.6 Å². The lowest BCUT2D eigenvalue weighted by Gasteiger charge is -2.30. The topological polar surface area (TPSA) is 32.3 Å². The number of hydrogen-bond donors (Lipinski definition) is 1. The molecule has 1 N–H and O–H groups in total. The van der Waals surface area contributed by atoms with E-state index >= 15 is 0 Å². The molecule has 1 amide bonds. The second-order valence-corrected chi connectivity index (χ2v) is 5.46. The largest absolute Gasteiger partial charge is 0.311 e. The molecule has 2 rings (SSSR count). The molecular formula is C13H17ClN2O. The molecule has 0 radical (unpaired) electrons. The minimum atomic E-state index is -0.0749. The third kappa shape index (κ3) is 2.99. The molecule has 17 heavy (non-hydrogen) atoms. The Morgan fingerprint density at radius 1 is 1.41 bits per heavy atom. The number of amides is 1. The lowest BCUT2D eigenvalue weighted by molar-refractivity contribution is -0.118. The highest BCUT2D eigenvalue weighted by atomic mass is 35.5. The smallest absolute Gasteiger partial charge is 0.228 e. The van der Waals surface area contributed by atoms with E-state index in [9.17, 15) is 4.79 Å². The molecule has 0 saturated carbocycles. The van der Waals surface area contributed by atoms with Gasteiger partial charge in [0.1, 0.15) is 0 Å². The van der Waals surface area contributed by atoms with Crippen molar-refractivity contribution < 1.29 is 4.79 Å². The maximum Gasteiger partial charge on any atom is 0.228 e. The molecule has 1 fully saturated rings. The predicted molar refractivity (Wildman–Crippen MR) is 70.5 cm³/mol. The lowest BCUT2D eigenvalue weighted by Crippen LogP contribution is -2.47. The molecule has 1 saturated heterocycles. The zero-order valence-corrected chi connectivity index (χ0v) is 10.9. The van der Waals surface area contributed by atoms with Crippen LogP contribution in [-0.2, 0) is 4.79 Å². The van der Waals surface area contributed by atoms with E-state index in [1.165, 1.54) is 0 Å². The Morgan fingerprint density at radius 3 is 2.88 bits per heavy atom. The molecule has 0 spiro atoms. The van der Waals surface area contributed by atoms with Gasteiger partial charge in [-0.15, -0.1) is 0 Å². The first-order chi connectivity index (χ1) is 7.98. The van der Waals surface area contributed by atoms with Crippen molar-refractivity contribution in [3.05, 3.63) is 29.3 Å². The molecule has 0 aromatic heterocycles. The number of nitrogens with zero attached hydrogens (tertiary/aromatic N) is 1. The summed E-state index contributed by atoms with van der Waals surface area (Å²) >= 11 is 5.97. The van der Waals surface area contributed by atoms with Crippen molar-refractivity contribution >= 4 is 23.2 Å². The van der Waals surface area contributed by atoms with Crippen molar-refractivity contribution in [2.24, 2.45) is 0 Å². The molecule has 1 aliphatic rings. The van der Waals surface area contributed by atoms with Crippen LogP contribution in [0.5, 0.6) is 0 Å². The van der Waals surface area contributed by atoms with Gasteiger partial charge in [0.15, 0.2) is 0 Å². The van der Waals surface area contributed by atoms with Crippen LogP contribution in [0.25, 0.3) is 0 Å². The summed E-state index contributed by atoms with van der Waals surface area (Å²) in [7, 11) is 0. The van der Waals surface area contributed by atoms with E-state index in [0.717, 1.165) is 12.2 Å². The van der Waals surface area contributed by atoms with E-state index in [-0.39, 0.29) is 11.4 Å². The van der Waals surface area contributed by atoms with Crippen molar-refractivity contribution in [2.45, 2.75) is 25.8 Å². The summed E-state index contributed by atoms with van der Waals surface area (Å²) in [5.41, 5.74) is 0.799. The van der Waals surface area contributed by atoms with E-state index in [2.05, 4.69) is 19.2 Å². The molecule has 1 aromatic rings. The SMILES string of the molecule is CC1(C)CN(c2cccc(Cl)c2)C(=O)CCN1. The van der Waals surface area contributed by atoms with Crippen LogP contribution in [0.2, 0.25) is 5.02 Å². The van der Waals surface area contributed by atoms with Gasteiger partial charge < -0.3 is 10.2 Å². The van der Waals surface area contributed by atoms with Crippen LogP contribution in [0.4, 0.5) is 5.69 Å². The summed E-state index contributed by atoms with van der Waals surface area (Å²) in [6.45, 7) is 5.58. The first kappa shape index (κ1) is 12.4. The van der Waals surface area contributed by atoms with Crippen LogP contribution in [-0.4, -0.2) is 24.5 Å². The number of benzene rings is 1. The summed E-state index contributed by atoms with van der Waals surface area (Å²) < 4.78 is 0. The number of hydrogen-bond acceptors (Lipinski definition) is 2. The first-order valence-corrected chi connectivity index (χ1v) is 6.17. The Bertz CT molecular complexity index is 431. The molecule has 4 heteroatoms. The maximum atomic E-state index is 12.1. The first-order valence-electron chi connectivity index (χ1n) is 5.79. The van der Waals surface area contributed by atoms with E-state index in [4.69, 9.17) is 11.6 Å². The van der Waals surface area contributed by atoms with Crippen molar-refractivity contribution in [3.8, 4) is 0 Å². The summed E-state index contributed by atoms with van der Waals surface area (Å²) in [5.74, 6) is 0.144. The quantitative estimate of drug-likeness (QED) is 0.833. The molecule has 1 aliphatic heterocycles. The molecule has 1 aromatic carbocycles. The molecule has 3 nitrogen and oxygen atoms in total. The van der Waals surface area contributed by atoms with Gasteiger partial charge in [-0.3, -0.25) is 4.79 Å². The second kappa shape index (κ2) is 4.67. The highest BCUT2D eigenvalue weighted by Gasteiger charge is 2.28. The van der Waals surface area contributed by atoms with Crippen LogP contribution < -0.4 is 10.2 Å². The summed E-state index contributed by atoms with van der Waals surface area (Å²) in [4.78, 5) is 13.9. The zero-order chi connectivity index (χ0) is 12.5. The van der Waals surface area contributed by atoms with Crippen LogP contribution in [0, 0.1) is 0 Å². The van der Waals surface area contributed by atoms with Gasteiger partial charge in [-0.25, -0.2) is 0 Å². The molecule has 1 heterocycles. The third-order valence-electron chi connectivity index (χ3n) is 2.92. The van der Waals surface area contributed by atoms with E-state index < -0.39 is 0 Å². The number of carbonyl (C=O) groups excluding carboxylic acids is 1. The Hall–Kier alpha value is -1.06. The van der Waals surface area contributed by atoms with Crippen LogP contribution in [0.3, 0.4) is 0 Å². The zero-order valence-electron chi connectivity index (χ0n) is 10.2. The van der Waals surface area contributed by atoms with Crippen molar-refractivity contribution in [3.63, 3.8) is 0 Å². The predicted octanol–water partition coefficient (Wildman–Crippen LogP) is 2.44. The molecule has 0 bridgehead atoms. The Kier molecular flexibility index (Phi) is 3.40. The van der Waals surface area contributed by atoms with Gasteiger partial charge in [0.2, 0.25) is 5.91 Å². The highest BCUT2D eigenvalue weighted by Crippen LogP contribution is 2.23. The number of carbonyl (C=O) groups is 1. The van der Waals surface area contributed by atoms with Gasteiger partial charge in [0.25, 0.3) is 0 Å². The highest BCUT2D eigenvalue weighted by molar-refractivity contribution is 6.30. The van der Waals surface area contributed by atoms with Gasteiger partial charge in [-0.05, 0) is 32.0 Å². The van der Waals surface area contributed by atoms with Gasteiger partial charge in [0, 0.05) is 35.8 Å². The van der Waals surface area contributed by atoms with Gasteiger partial charge in [-0.2, -0.15) is 0 Å². The van der Waals surface area contributed by atoms with Crippen molar-refractivity contribution in [2.75, 3.05) is 18.0 Å². The Balaban J connectivity index is 2.31. The van der Waals surface area contributed by atoms with Crippen molar-refractivity contribution in [1.82, 2.24) is 5.32 Å². The van der Waals surface area contributed by atoms with E-state index in [0.29, 0.717) is 18.0 Å². The van der Waals surface area contributed by atoms with E-state index in [1.807, 2.05) is 29.2 Å². The monoisotopic (exact) mass is 252 g/mol. The average Bonchev–Trinajstić information content (AvgIpc) is 2.38. The Labute approximate surface area is 107 Å². The normalized spacial score (nSPS) is 20.2. The fraction of sp³-hybridized carbons (Fsp3) is 0.462. The molecule has 0 unspecified atom stereocenters. The maximum absolute atomic E-state index is 12.1. The van der Waals surface area contributed by atoms with Crippen LogP contribution in [0.1, 0.15) is 20.3 Å². The minimum Gasteiger partial charge on any atom is -0.311 e. The number of nitrogens with one attached hydrogen (secondary N) is 1. The lowest BCUT2D eigenvalue weighted by atomic mass is 10.1. The third-order valence-corrected chi connectivity index (χ3v) is 3.15. The Morgan fingerprint density at radius 2 is 2.18 bits per heavy atom. The molecule has 0 atom stereocenters. The van der Waals surface area contributed by atoms with Gasteiger partial charge in [0.05, 0.1) is 0 Å². The summed E-state index contributed by atoms with van der Waals surface area (Å²) in [5, 5.41) is 4.03. The number of rotatable bonds is 1. The van der Waals surface area contributed by atoms with E-state index in [1.54, 1.807) is 0 Å². The number of halogens is 1. The standard InChI is InChI=1S/C13H17ClN2O/c1-13(2)9-16(12(17)6-7-15-13)11-5-3-4-10(14)8-11/h3-5,8,15H,6-7,9H2,1-2H3. The molecule has 92 valence electrons. The second-order valence-electron chi connectivity index (χ2n) is 5.02. The van der Waals surface area contributed by atoms with Gasteiger partial charge >= 0.3 is 0 Å². The number of anilines is 1. The molecule has 0 aliphatic carbocycles. The van der Waals surface area contributed by atoms with Crippen molar-refractivity contribution in [1.29, 1.82) is 0 Å². The molecular weight excluding hydrogens is 236 g/mol. The fourth-order valence-corrected chi connectivity index (χ4v) is 2.25. The minimum absolute atomic E-state index is 0.0749. The van der Waals surface area contributed by atoms with Crippen LogP contribution in [0.15, 0.2) is 24.3 Å². The fourth-order valence-electron chi connectivity index (χ4n) is 2.06.